The summed E-state index contributed by atoms with van der Waals surface area (Å²) in [7, 11) is 0. The zero-order valence-electron chi connectivity index (χ0n) is 16.7. The third-order valence-corrected chi connectivity index (χ3v) is 6.17. The smallest absolute Gasteiger partial charge is 0.225 e. The highest BCUT2D eigenvalue weighted by atomic mass is 32.1. The Morgan fingerprint density at radius 2 is 1.63 bits per heavy atom. The van der Waals surface area contributed by atoms with Crippen LogP contribution >= 0.6 is 11.3 Å². The van der Waals surface area contributed by atoms with E-state index in [1.165, 1.54) is 16.9 Å². The Morgan fingerprint density at radius 3 is 2.33 bits per heavy atom. The van der Waals surface area contributed by atoms with Gasteiger partial charge in [0, 0.05) is 17.7 Å². The second kappa shape index (κ2) is 9.01. The van der Waals surface area contributed by atoms with E-state index in [9.17, 15) is 9.59 Å². The molecule has 30 heavy (non-hydrogen) atoms. The van der Waals surface area contributed by atoms with Gasteiger partial charge in [-0.3, -0.25) is 9.59 Å². The van der Waals surface area contributed by atoms with Gasteiger partial charge in [0.1, 0.15) is 5.01 Å². The van der Waals surface area contributed by atoms with Crippen LogP contribution in [-0.4, -0.2) is 16.7 Å². The lowest BCUT2D eigenvalue weighted by Gasteiger charge is -2.14. The number of carbonyl (C=O) groups is 2. The first-order valence-electron chi connectivity index (χ1n) is 9.97. The molecule has 150 valence electrons. The van der Waals surface area contributed by atoms with Crippen LogP contribution in [0.1, 0.15) is 40.2 Å². The number of thiazole rings is 1. The van der Waals surface area contributed by atoms with Crippen molar-refractivity contribution in [3.05, 3.63) is 95.0 Å². The molecule has 4 nitrogen and oxygen atoms in total. The van der Waals surface area contributed by atoms with Gasteiger partial charge in [0.15, 0.2) is 5.78 Å². The molecular formula is C25H22N2O2S. The molecule has 0 radical (unpaired) electrons. The maximum atomic E-state index is 13.3. The van der Waals surface area contributed by atoms with Crippen LogP contribution in [0.25, 0.3) is 10.2 Å². The zero-order chi connectivity index (χ0) is 20.9. The van der Waals surface area contributed by atoms with Crippen molar-refractivity contribution in [2.75, 3.05) is 5.32 Å². The fourth-order valence-electron chi connectivity index (χ4n) is 3.36. The minimum atomic E-state index is -0.625. The van der Waals surface area contributed by atoms with E-state index in [2.05, 4.69) is 17.2 Å². The molecule has 0 bridgehead atoms. The molecule has 1 atom stereocenters. The van der Waals surface area contributed by atoms with Crippen LogP contribution in [0.15, 0.2) is 78.9 Å². The number of para-hydroxylation sites is 1. The molecule has 0 aliphatic heterocycles. The van der Waals surface area contributed by atoms with E-state index in [1.807, 2.05) is 66.7 Å². The number of ketones is 1. The van der Waals surface area contributed by atoms with Crippen LogP contribution in [0.3, 0.4) is 0 Å². The van der Waals surface area contributed by atoms with Crippen molar-refractivity contribution in [1.29, 1.82) is 0 Å². The number of hydrogen-bond acceptors (Lipinski definition) is 4. The molecule has 0 saturated carbocycles. The highest BCUT2D eigenvalue weighted by Gasteiger charge is 2.28. The van der Waals surface area contributed by atoms with Gasteiger partial charge in [-0.1, -0.05) is 61.5 Å². The number of benzene rings is 3. The third kappa shape index (κ3) is 4.47. The second-order valence-electron chi connectivity index (χ2n) is 7.11. The van der Waals surface area contributed by atoms with Gasteiger partial charge in [0.25, 0.3) is 0 Å². The molecule has 0 aliphatic carbocycles. The number of nitrogens with zero attached hydrogens (tertiary/aromatic N) is 1. The lowest BCUT2D eigenvalue weighted by molar-refractivity contribution is -0.116. The fourth-order valence-corrected chi connectivity index (χ4v) is 4.42. The zero-order valence-corrected chi connectivity index (χ0v) is 17.5. The minimum Gasteiger partial charge on any atom is -0.326 e. The quantitative estimate of drug-likeness (QED) is 0.386. The van der Waals surface area contributed by atoms with Gasteiger partial charge >= 0.3 is 0 Å². The number of Topliss-reactive ketones (excluding diaryl/α,β-unsaturated/α-hetero) is 1. The van der Waals surface area contributed by atoms with Gasteiger partial charge in [0.05, 0.1) is 16.1 Å². The molecule has 1 amide bonds. The third-order valence-electron chi connectivity index (χ3n) is 5.02. The highest BCUT2D eigenvalue weighted by Crippen LogP contribution is 2.32. The monoisotopic (exact) mass is 414 g/mol. The van der Waals surface area contributed by atoms with Gasteiger partial charge < -0.3 is 5.32 Å². The normalized spacial score (nSPS) is 11.9. The van der Waals surface area contributed by atoms with E-state index in [1.54, 1.807) is 12.1 Å². The van der Waals surface area contributed by atoms with Crippen molar-refractivity contribution in [3.8, 4) is 0 Å². The van der Waals surface area contributed by atoms with Crippen LogP contribution in [0.2, 0.25) is 0 Å². The number of aryl methyl sites for hydroxylation is 1. The number of carbonyl (C=O) groups excluding carboxylic acids is 2. The molecule has 1 aromatic heterocycles. The minimum absolute atomic E-state index is 0.0447. The van der Waals surface area contributed by atoms with E-state index in [4.69, 9.17) is 0 Å². The Bertz CT molecular complexity index is 1130. The van der Waals surface area contributed by atoms with Gasteiger partial charge in [-0.2, -0.15) is 0 Å². The lowest BCUT2D eigenvalue weighted by atomic mass is 9.94. The van der Waals surface area contributed by atoms with E-state index in [0.717, 1.165) is 22.3 Å². The van der Waals surface area contributed by atoms with Crippen molar-refractivity contribution in [2.45, 2.75) is 25.7 Å². The van der Waals surface area contributed by atoms with Crippen LogP contribution in [0.4, 0.5) is 5.69 Å². The first kappa shape index (κ1) is 20.0. The largest absolute Gasteiger partial charge is 0.326 e. The van der Waals surface area contributed by atoms with Gasteiger partial charge in [-0.25, -0.2) is 4.98 Å². The average molecular weight is 415 g/mol. The second-order valence-corrected chi connectivity index (χ2v) is 8.17. The number of aromatic nitrogens is 1. The van der Waals surface area contributed by atoms with Crippen molar-refractivity contribution in [3.63, 3.8) is 0 Å². The van der Waals surface area contributed by atoms with Crippen LogP contribution in [0, 0.1) is 0 Å². The summed E-state index contributed by atoms with van der Waals surface area (Å²) in [5, 5.41) is 3.59. The number of hydrogen-bond donors (Lipinski definition) is 1. The molecule has 0 fully saturated rings. The summed E-state index contributed by atoms with van der Waals surface area (Å²) in [6, 6.07) is 24.7. The Kier molecular flexibility index (Phi) is 6.00. The molecule has 0 aliphatic rings. The molecule has 1 N–H and O–H groups in total. The highest BCUT2D eigenvalue weighted by molar-refractivity contribution is 7.18. The van der Waals surface area contributed by atoms with Crippen LogP contribution in [-0.2, 0) is 11.2 Å². The fraction of sp³-hybridized carbons (Fsp3) is 0.160. The Hall–Kier alpha value is -3.31. The van der Waals surface area contributed by atoms with Crippen molar-refractivity contribution >= 4 is 38.9 Å². The SMILES string of the molecule is CCc1ccc(NC(=O)C[C@@H](C(=O)c2ccccc2)c2nc3ccccc3s2)cc1. The summed E-state index contributed by atoms with van der Waals surface area (Å²) in [4.78, 5) is 30.8. The van der Waals surface area contributed by atoms with E-state index in [-0.39, 0.29) is 18.1 Å². The summed E-state index contributed by atoms with van der Waals surface area (Å²) >= 11 is 1.47. The topological polar surface area (TPSA) is 59.1 Å². The number of amides is 1. The molecule has 5 heteroatoms. The Balaban J connectivity index is 1.60. The first-order valence-corrected chi connectivity index (χ1v) is 10.8. The summed E-state index contributed by atoms with van der Waals surface area (Å²) in [5.74, 6) is -0.918. The standard InChI is InChI=1S/C25H22N2O2S/c1-2-17-12-14-19(15-13-17)26-23(28)16-20(24(29)18-8-4-3-5-9-18)25-27-21-10-6-7-11-22(21)30-25/h3-15,20H,2,16H2,1H3,(H,26,28)/t20-/m0/s1. The van der Waals surface area contributed by atoms with Crippen molar-refractivity contribution in [2.24, 2.45) is 0 Å². The summed E-state index contributed by atoms with van der Waals surface area (Å²) in [6.45, 7) is 2.09. The molecule has 4 rings (SSSR count). The predicted octanol–water partition coefficient (Wildman–Crippen LogP) is 5.85. The molecule has 1 heterocycles. The lowest BCUT2D eigenvalue weighted by Crippen LogP contribution is -2.21. The Labute approximate surface area is 179 Å². The summed E-state index contributed by atoms with van der Waals surface area (Å²) < 4.78 is 1.01. The predicted molar refractivity (Wildman–Crippen MR) is 122 cm³/mol. The van der Waals surface area contributed by atoms with Gasteiger partial charge in [0.2, 0.25) is 5.91 Å². The Morgan fingerprint density at radius 1 is 0.933 bits per heavy atom. The first-order chi connectivity index (χ1) is 14.6. The maximum absolute atomic E-state index is 13.3. The van der Waals surface area contributed by atoms with Crippen molar-refractivity contribution in [1.82, 2.24) is 4.98 Å². The van der Waals surface area contributed by atoms with E-state index < -0.39 is 5.92 Å². The molecule has 0 spiro atoms. The van der Waals surface area contributed by atoms with Crippen molar-refractivity contribution < 1.29 is 9.59 Å². The summed E-state index contributed by atoms with van der Waals surface area (Å²) in [5.41, 5.74) is 3.37. The molecule has 3 aromatic carbocycles. The number of nitrogens with one attached hydrogen (secondary N) is 1. The molecular weight excluding hydrogens is 392 g/mol. The molecule has 4 aromatic rings. The van der Waals surface area contributed by atoms with E-state index in [0.29, 0.717) is 10.6 Å². The van der Waals surface area contributed by atoms with E-state index >= 15 is 0 Å². The molecule has 0 unspecified atom stereocenters. The average Bonchev–Trinajstić information content (AvgIpc) is 3.22. The number of rotatable bonds is 7. The number of anilines is 1. The van der Waals surface area contributed by atoms with Crippen LogP contribution in [0.5, 0.6) is 0 Å². The van der Waals surface area contributed by atoms with Crippen LogP contribution < -0.4 is 5.32 Å². The molecule has 0 saturated heterocycles. The van der Waals surface area contributed by atoms with Gasteiger partial charge in [-0.15, -0.1) is 11.3 Å². The van der Waals surface area contributed by atoms with Gasteiger partial charge in [-0.05, 0) is 36.2 Å². The summed E-state index contributed by atoms with van der Waals surface area (Å²) in [6.07, 6.45) is 0.989. The maximum Gasteiger partial charge on any atom is 0.225 e. The number of fused-ring (bicyclic) bond motifs is 1.